The number of nitro groups is 1. The van der Waals surface area contributed by atoms with E-state index in [1.165, 1.54) is 39.5 Å². The second-order valence-electron chi connectivity index (χ2n) is 9.82. The van der Waals surface area contributed by atoms with Crippen molar-refractivity contribution in [3.05, 3.63) is 73.7 Å². The molecule has 10 nitrogen and oxygen atoms in total. The number of hydrogen-bond donors (Lipinski definition) is 1. The Labute approximate surface area is 225 Å². The van der Waals surface area contributed by atoms with E-state index in [2.05, 4.69) is 6.07 Å². The average molecular weight is 539 g/mol. The van der Waals surface area contributed by atoms with Gasteiger partial charge in [-0.25, -0.2) is 0 Å². The molecule has 11 heteroatoms. The van der Waals surface area contributed by atoms with Gasteiger partial charge >= 0.3 is 0 Å². The zero-order valence-corrected chi connectivity index (χ0v) is 22.4. The molecule has 1 heterocycles. The van der Waals surface area contributed by atoms with E-state index >= 15 is 0 Å². The summed E-state index contributed by atoms with van der Waals surface area (Å²) in [6.45, 7) is 3.93. The van der Waals surface area contributed by atoms with Crippen molar-refractivity contribution in [1.82, 2.24) is 0 Å². The standard InChI is InChI=1S/C27H27ClN4O6/c1-27(2)11-19-24(20(33)12-27)23(25-21(37-4)9-15(36-3)10-22(25)38-5)16(13-29)26(30)31(19)18-7-6-14(32(34)35)8-17(18)28/h6-10,23H,11-12,30H2,1-5H3/t23-/m0/s1. The summed E-state index contributed by atoms with van der Waals surface area (Å²) in [5.41, 5.74) is 7.86. The first-order valence-corrected chi connectivity index (χ1v) is 12.1. The van der Waals surface area contributed by atoms with Crippen LogP contribution in [-0.2, 0) is 4.79 Å². The van der Waals surface area contributed by atoms with Gasteiger partial charge in [0.05, 0.1) is 54.5 Å². The molecule has 0 spiro atoms. The highest BCUT2D eigenvalue weighted by Crippen LogP contribution is 2.54. The summed E-state index contributed by atoms with van der Waals surface area (Å²) in [4.78, 5) is 26.1. The molecule has 1 aliphatic carbocycles. The van der Waals surface area contributed by atoms with Crippen molar-refractivity contribution in [3.8, 4) is 23.3 Å². The Morgan fingerprint density at radius 2 is 1.76 bits per heavy atom. The van der Waals surface area contributed by atoms with Gasteiger partial charge in [-0.1, -0.05) is 25.4 Å². The van der Waals surface area contributed by atoms with Crippen molar-refractivity contribution in [2.24, 2.45) is 11.1 Å². The molecule has 0 aromatic heterocycles. The topological polar surface area (TPSA) is 141 Å². The van der Waals surface area contributed by atoms with E-state index in [9.17, 15) is 20.2 Å². The normalized spacial score (nSPS) is 18.6. The lowest BCUT2D eigenvalue weighted by Gasteiger charge is -2.44. The summed E-state index contributed by atoms with van der Waals surface area (Å²) < 4.78 is 16.7. The van der Waals surface area contributed by atoms with E-state index in [0.29, 0.717) is 46.2 Å². The number of nitrogens with zero attached hydrogens (tertiary/aromatic N) is 3. The first-order chi connectivity index (χ1) is 18.0. The lowest BCUT2D eigenvalue weighted by atomic mass is 9.68. The number of hydrogen-bond acceptors (Lipinski definition) is 9. The quantitative estimate of drug-likeness (QED) is 0.387. The van der Waals surface area contributed by atoms with Crippen molar-refractivity contribution in [2.45, 2.75) is 32.6 Å². The van der Waals surface area contributed by atoms with Gasteiger partial charge in [0.2, 0.25) is 0 Å². The van der Waals surface area contributed by atoms with Gasteiger partial charge in [-0.05, 0) is 17.9 Å². The Hall–Kier alpha value is -4.23. The monoisotopic (exact) mass is 538 g/mol. The Bertz CT molecular complexity index is 1430. The second-order valence-corrected chi connectivity index (χ2v) is 10.2. The molecule has 1 atom stereocenters. The van der Waals surface area contributed by atoms with E-state index < -0.39 is 16.3 Å². The largest absolute Gasteiger partial charge is 0.496 e. The van der Waals surface area contributed by atoms with Gasteiger partial charge in [0.25, 0.3) is 5.69 Å². The first-order valence-electron chi connectivity index (χ1n) is 11.7. The predicted octanol–water partition coefficient (Wildman–Crippen LogP) is 5.21. The number of non-ortho nitro benzene ring substituents is 1. The zero-order chi connectivity index (χ0) is 27.9. The Kier molecular flexibility index (Phi) is 7.00. The lowest BCUT2D eigenvalue weighted by molar-refractivity contribution is -0.384. The molecule has 0 saturated carbocycles. The number of nitro benzene ring substituents is 1. The van der Waals surface area contributed by atoms with Gasteiger partial charge in [-0.3, -0.25) is 19.8 Å². The maximum Gasteiger partial charge on any atom is 0.271 e. The van der Waals surface area contributed by atoms with Crippen molar-refractivity contribution in [3.63, 3.8) is 0 Å². The van der Waals surface area contributed by atoms with Crippen LogP contribution in [-0.4, -0.2) is 32.0 Å². The smallest absolute Gasteiger partial charge is 0.271 e. The van der Waals surface area contributed by atoms with Crippen molar-refractivity contribution >= 4 is 28.8 Å². The number of allylic oxidation sites excluding steroid dienone is 3. The van der Waals surface area contributed by atoms with Crippen LogP contribution in [0.4, 0.5) is 11.4 Å². The molecule has 1 aliphatic heterocycles. The fraction of sp³-hybridized carbons (Fsp3) is 0.333. The fourth-order valence-electron chi connectivity index (χ4n) is 5.18. The van der Waals surface area contributed by atoms with E-state index in [1.807, 2.05) is 13.8 Å². The van der Waals surface area contributed by atoms with Gasteiger partial charge in [-0.2, -0.15) is 5.26 Å². The van der Waals surface area contributed by atoms with Crippen LogP contribution in [0.15, 0.2) is 53.0 Å². The minimum absolute atomic E-state index is 0.0532. The number of anilines is 1. The van der Waals surface area contributed by atoms with E-state index in [1.54, 1.807) is 17.0 Å². The van der Waals surface area contributed by atoms with Crippen LogP contribution in [0.5, 0.6) is 17.2 Å². The van der Waals surface area contributed by atoms with Crippen LogP contribution >= 0.6 is 11.6 Å². The predicted molar refractivity (Wildman–Crippen MR) is 141 cm³/mol. The molecule has 2 aromatic rings. The molecule has 2 aromatic carbocycles. The minimum Gasteiger partial charge on any atom is -0.496 e. The van der Waals surface area contributed by atoms with Crippen LogP contribution in [0.3, 0.4) is 0 Å². The van der Waals surface area contributed by atoms with Crippen LogP contribution in [0.2, 0.25) is 5.02 Å². The number of nitriles is 1. The summed E-state index contributed by atoms with van der Waals surface area (Å²) in [7, 11) is 4.46. The van der Waals surface area contributed by atoms with Crippen LogP contribution < -0.4 is 24.8 Å². The number of ketones is 1. The zero-order valence-electron chi connectivity index (χ0n) is 21.6. The molecule has 0 unspecified atom stereocenters. The van der Waals surface area contributed by atoms with Crippen LogP contribution in [0.25, 0.3) is 0 Å². The van der Waals surface area contributed by atoms with Crippen LogP contribution in [0, 0.1) is 26.9 Å². The molecule has 2 N–H and O–H groups in total. The Morgan fingerprint density at radius 1 is 1.13 bits per heavy atom. The second kappa shape index (κ2) is 9.91. The van der Waals surface area contributed by atoms with Crippen LogP contribution in [0.1, 0.15) is 38.2 Å². The number of carbonyl (C=O) groups is 1. The fourth-order valence-corrected chi connectivity index (χ4v) is 5.44. The van der Waals surface area contributed by atoms with Gasteiger partial charge in [0.1, 0.15) is 23.1 Å². The number of rotatable bonds is 6. The Balaban J connectivity index is 2.07. The van der Waals surface area contributed by atoms with Gasteiger partial charge in [0, 0.05) is 47.5 Å². The number of methoxy groups -OCH3 is 3. The molecule has 0 saturated heterocycles. The molecule has 0 radical (unpaired) electrons. The van der Waals surface area contributed by atoms with Gasteiger partial charge in [0.15, 0.2) is 5.78 Å². The Morgan fingerprint density at radius 3 is 2.26 bits per heavy atom. The maximum atomic E-state index is 13.8. The highest BCUT2D eigenvalue weighted by molar-refractivity contribution is 6.33. The molecule has 2 aliphatic rings. The van der Waals surface area contributed by atoms with Crippen molar-refractivity contribution in [1.29, 1.82) is 5.26 Å². The molecule has 0 bridgehead atoms. The number of halogens is 1. The number of benzene rings is 2. The highest BCUT2D eigenvalue weighted by Gasteiger charge is 2.46. The van der Waals surface area contributed by atoms with Gasteiger partial charge in [-0.15, -0.1) is 0 Å². The van der Waals surface area contributed by atoms with E-state index in [-0.39, 0.29) is 34.3 Å². The number of nitrogens with two attached hydrogens (primary N) is 1. The average Bonchev–Trinajstić information content (AvgIpc) is 2.86. The lowest BCUT2D eigenvalue weighted by Crippen LogP contribution is -2.42. The summed E-state index contributed by atoms with van der Waals surface area (Å²) in [6, 6.07) is 9.48. The van der Waals surface area contributed by atoms with Crippen molar-refractivity contribution < 1.29 is 23.9 Å². The maximum absolute atomic E-state index is 13.8. The molecule has 4 rings (SSSR count). The van der Waals surface area contributed by atoms with E-state index in [4.69, 9.17) is 31.5 Å². The molecular weight excluding hydrogens is 512 g/mol. The van der Waals surface area contributed by atoms with E-state index in [0.717, 1.165) is 0 Å². The summed E-state index contributed by atoms with van der Waals surface area (Å²) in [6.07, 6.45) is 0.668. The van der Waals surface area contributed by atoms with Gasteiger partial charge < -0.3 is 19.9 Å². The number of ether oxygens (including phenoxy) is 3. The number of carbonyl (C=O) groups excluding carboxylic acids is 1. The summed E-state index contributed by atoms with van der Waals surface area (Å²) in [5.74, 6) is 0.193. The SMILES string of the molecule is COc1cc(OC)c([C@H]2C(C#N)=C(N)N(c3ccc([N+](=O)[O-])cc3Cl)C3=C2C(=O)CC(C)(C)C3)c(OC)c1. The third kappa shape index (κ3) is 4.39. The third-order valence-corrected chi connectivity index (χ3v) is 7.11. The molecule has 198 valence electrons. The number of Topliss-reactive ketones (excluding diaryl/α,β-unsaturated/α-hetero) is 1. The highest BCUT2D eigenvalue weighted by atomic mass is 35.5. The summed E-state index contributed by atoms with van der Waals surface area (Å²) in [5, 5.41) is 21.7. The first kappa shape index (κ1) is 26.8. The minimum atomic E-state index is -0.887. The third-order valence-electron chi connectivity index (χ3n) is 6.81. The summed E-state index contributed by atoms with van der Waals surface area (Å²) >= 11 is 6.52. The van der Waals surface area contributed by atoms with Crippen molar-refractivity contribution in [2.75, 3.05) is 26.2 Å². The molecular formula is C27H27ClN4O6. The molecule has 0 fully saturated rings. The molecule has 0 amide bonds. The molecule has 38 heavy (non-hydrogen) atoms.